The van der Waals surface area contributed by atoms with Crippen LogP contribution in [0.3, 0.4) is 0 Å². The standard InChI is InChI=1S/C9H13F3O/c1-6-2-4-7(5-3-6)8(13)9(10,11)12/h6-7H,2-5H2,1H3. The average Bonchev–Trinajstić information content (AvgIpc) is 2.03. The molecule has 0 amide bonds. The van der Waals surface area contributed by atoms with Gasteiger partial charge in [0.2, 0.25) is 5.78 Å². The molecule has 1 aliphatic carbocycles. The van der Waals surface area contributed by atoms with E-state index in [1.54, 1.807) is 0 Å². The number of rotatable bonds is 1. The lowest BCUT2D eigenvalue weighted by Crippen LogP contribution is -2.32. The third-order valence-electron chi connectivity index (χ3n) is 2.67. The maximum absolute atomic E-state index is 12.0. The summed E-state index contributed by atoms with van der Waals surface area (Å²) in [6, 6.07) is 0. The Morgan fingerprint density at radius 2 is 1.62 bits per heavy atom. The summed E-state index contributed by atoms with van der Waals surface area (Å²) in [4.78, 5) is 10.8. The molecule has 13 heavy (non-hydrogen) atoms. The second-order valence-electron chi connectivity index (χ2n) is 3.82. The zero-order chi connectivity index (χ0) is 10.1. The van der Waals surface area contributed by atoms with Crippen LogP contribution in [0, 0.1) is 11.8 Å². The number of halogens is 3. The number of hydrogen-bond acceptors (Lipinski definition) is 1. The molecule has 0 atom stereocenters. The summed E-state index contributed by atoms with van der Waals surface area (Å²) in [5.74, 6) is -1.83. The highest BCUT2D eigenvalue weighted by molar-refractivity contribution is 5.86. The third kappa shape index (κ3) is 2.71. The second-order valence-corrected chi connectivity index (χ2v) is 3.82. The molecule has 4 heteroatoms. The highest BCUT2D eigenvalue weighted by atomic mass is 19.4. The average molecular weight is 194 g/mol. The van der Waals surface area contributed by atoms with Gasteiger partial charge in [0, 0.05) is 5.92 Å². The monoisotopic (exact) mass is 194 g/mol. The van der Waals surface area contributed by atoms with Crippen molar-refractivity contribution in [2.45, 2.75) is 38.8 Å². The lowest BCUT2D eigenvalue weighted by molar-refractivity contribution is -0.176. The number of alkyl halides is 3. The van der Waals surface area contributed by atoms with Gasteiger partial charge in [-0.3, -0.25) is 4.79 Å². The molecule has 0 bridgehead atoms. The van der Waals surface area contributed by atoms with Crippen molar-refractivity contribution >= 4 is 5.78 Å². The number of Topliss-reactive ketones (excluding diaryl/α,β-unsaturated/α-hetero) is 1. The number of ketones is 1. The molecule has 1 nitrogen and oxygen atoms in total. The first kappa shape index (κ1) is 10.5. The predicted octanol–water partition coefficient (Wildman–Crippen LogP) is 2.94. The summed E-state index contributed by atoms with van der Waals surface area (Å²) in [6.45, 7) is 2.01. The summed E-state index contributed by atoms with van der Waals surface area (Å²) >= 11 is 0. The molecule has 0 spiro atoms. The molecule has 0 radical (unpaired) electrons. The van der Waals surface area contributed by atoms with Crippen molar-refractivity contribution in [2.24, 2.45) is 11.8 Å². The Morgan fingerprint density at radius 3 is 2.00 bits per heavy atom. The fraction of sp³-hybridized carbons (Fsp3) is 0.889. The summed E-state index contributed by atoms with van der Waals surface area (Å²) < 4.78 is 35.9. The smallest absolute Gasteiger partial charge is 0.289 e. The molecule has 0 aromatic carbocycles. The van der Waals surface area contributed by atoms with E-state index in [1.165, 1.54) is 0 Å². The second kappa shape index (κ2) is 3.68. The van der Waals surface area contributed by atoms with Crippen molar-refractivity contribution in [3.63, 3.8) is 0 Å². The van der Waals surface area contributed by atoms with Gasteiger partial charge in [0.25, 0.3) is 0 Å². The van der Waals surface area contributed by atoms with Gasteiger partial charge in [-0.1, -0.05) is 19.8 Å². The largest absolute Gasteiger partial charge is 0.450 e. The van der Waals surface area contributed by atoms with Crippen LogP contribution in [0.5, 0.6) is 0 Å². The summed E-state index contributed by atoms with van der Waals surface area (Å²) in [5.41, 5.74) is 0. The van der Waals surface area contributed by atoms with E-state index in [0.717, 1.165) is 12.8 Å². The fourth-order valence-electron chi connectivity index (χ4n) is 1.75. The minimum absolute atomic E-state index is 0.402. The molecule has 1 aliphatic rings. The van der Waals surface area contributed by atoms with Crippen LogP contribution in [0.15, 0.2) is 0 Å². The number of hydrogen-bond donors (Lipinski definition) is 0. The molecule has 0 unspecified atom stereocenters. The first-order chi connectivity index (χ1) is 5.91. The van der Waals surface area contributed by atoms with Crippen LogP contribution < -0.4 is 0 Å². The summed E-state index contributed by atoms with van der Waals surface area (Å²) in [5, 5.41) is 0. The molecule has 0 aromatic rings. The molecule has 1 rings (SSSR count). The van der Waals surface area contributed by atoms with Gasteiger partial charge < -0.3 is 0 Å². The molecule has 1 saturated carbocycles. The van der Waals surface area contributed by atoms with Crippen molar-refractivity contribution in [3.8, 4) is 0 Å². The van der Waals surface area contributed by atoms with Crippen LogP contribution in [0.25, 0.3) is 0 Å². The lowest BCUT2D eigenvalue weighted by Gasteiger charge is -2.25. The first-order valence-electron chi connectivity index (χ1n) is 4.52. The van der Waals surface area contributed by atoms with Crippen LogP contribution in [-0.2, 0) is 4.79 Å². The Hall–Kier alpha value is -0.540. The maximum Gasteiger partial charge on any atom is 0.450 e. The van der Waals surface area contributed by atoms with E-state index in [0.29, 0.717) is 18.8 Å². The van der Waals surface area contributed by atoms with Gasteiger partial charge in [-0.05, 0) is 18.8 Å². The van der Waals surface area contributed by atoms with Crippen molar-refractivity contribution in [2.75, 3.05) is 0 Å². The zero-order valence-electron chi connectivity index (χ0n) is 7.53. The molecule has 0 N–H and O–H groups in total. The van der Waals surface area contributed by atoms with Gasteiger partial charge in [0.1, 0.15) is 0 Å². The van der Waals surface area contributed by atoms with E-state index >= 15 is 0 Å². The van der Waals surface area contributed by atoms with Crippen molar-refractivity contribution < 1.29 is 18.0 Å². The van der Waals surface area contributed by atoms with E-state index in [2.05, 4.69) is 0 Å². The van der Waals surface area contributed by atoms with Gasteiger partial charge in [-0.2, -0.15) is 13.2 Å². The van der Waals surface area contributed by atoms with E-state index < -0.39 is 17.9 Å². The third-order valence-corrected chi connectivity index (χ3v) is 2.67. The molecule has 1 fully saturated rings. The van der Waals surface area contributed by atoms with Gasteiger partial charge in [0.05, 0.1) is 0 Å². The Kier molecular flexibility index (Phi) is 2.98. The Balaban J connectivity index is 2.50. The molecular weight excluding hydrogens is 181 g/mol. The van der Waals surface area contributed by atoms with Crippen LogP contribution >= 0.6 is 0 Å². The predicted molar refractivity (Wildman–Crippen MR) is 42.2 cm³/mol. The van der Waals surface area contributed by atoms with E-state index in [1.807, 2.05) is 6.92 Å². The fourth-order valence-corrected chi connectivity index (χ4v) is 1.75. The van der Waals surface area contributed by atoms with Gasteiger partial charge >= 0.3 is 6.18 Å². The maximum atomic E-state index is 12.0. The van der Waals surface area contributed by atoms with Crippen LogP contribution in [-0.4, -0.2) is 12.0 Å². The lowest BCUT2D eigenvalue weighted by atomic mass is 9.81. The Morgan fingerprint density at radius 1 is 1.15 bits per heavy atom. The van der Waals surface area contributed by atoms with Crippen LogP contribution in [0.1, 0.15) is 32.6 Å². The normalized spacial score (nSPS) is 30.2. The van der Waals surface area contributed by atoms with Gasteiger partial charge in [-0.25, -0.2) is 0 Å². The minimum atomic E-state index is -4.63. The molecular formula is C9H13F3O. The van der Waals surface area contributed by atoms with Crippen LogP contribution in [0.2, 0.25) is 0 Å². The van der Waals surface area contributed by atoms with E-state index in [4.69, 9.17) is 0 Å². The van der Waals surface area contributed by atoms with Crippen molar-refractivity contribution in [3.05, 3.63) is 0 Å². The summed E-state index contributed by atoms with van der Waals surface area (Å²) in [7, 11) is 0. The SMILES string of the molecule is CC1CCC(C(=O)C(F)(F)F)CC1. The topological polar surface area (TPSA) is 17.1 Å². The Labute approximate surface area is 75.3 Å². The molecule has 0 saturated heterocycles. The molecule has 0 aromatic heterocycles. The quantitative estimate of drug-likeness (QED) is 0.627. The van der Waals surface area contributed by atoms with Crippen LogP contribution in [0.4, 0.5) is 13.2 Å². The van der Waals surface area contributed by atoms with Gasteiger partial charge in [0.15, 0.2) is 0 Å². The summed E-state index contributed by atoms with van der Waals surface area (Å²) in [6.07, 6.45) is -2.34. The minimum Gasteiger partial charge on any atom is -0.289 e. The van der Waals surface area contributed by atoms with E-state index in [-0.39, 0.29) is 0 Å². The highest BCUT2D eigenvalue weighted by Gasteiger charge is 2.43. The first-order valence-corrected chi connectivity index (χ1v) is 4.52. The highest BCUT2D eigenvalue weighted by Crippen LogP contribution is 2.33. The van der Waals surface area contributed by atoms with E-state index in [9.17, 15) is 18.0 Å². The van der Waals surface area contributed by atoms with Crippen molar-refractivity contribution in [1.82, 2.24) is 0 Å². The van der Waals surface area contributed by atoms with Gasteiger partial charge in [-0.15, -0.1) is 0 Å². The number of carbonyl (C=O) groups excluding carboxylic acids is 1. The molecule has 76 valence electrons. The van der Waals surface area contributed by atoms with Crippen molar-refractivity contribution in [1.29, 1.82) is 0 Å². The molecule has 0 aliphatic heterocycles. The molecule has 0 heterocycles. The number of carbonyl (C=O) groups is 1. The zero-order valence-corrected chi connectivity index (χ0v) is 7.53. The Bertz CT molecular complexity index is 190.